The first-order valence-electron chi connectivity index (χ1n) is 7.65. The number of nitrogens with one attached hydrogen (secondary N) is 1. The van der Waals surface area contributed by atoms with Gasteiger partial charge in [0, 0.05) is 6.04 Å². The van der Waals surface area contributed by atoms with E-state index in [1.54, 1.807) is 0 Å². The monoisotopic (exact) mass is 329 g/mol. The van der Waals surface area contributed by atoms with Gasteiger partial charge < -0.3 is 10.1 Å². The highest BCUT2D eigenvalue weighted by Gasteiger charge is 2.40. The zero-order valence-electron chi connectivity index (χ0n) is 13.5. The fraction of sp³-hybridized carbons (Fsp3) is 0.588. The summed E-state index contributed by atoms with van der Waals surface area (Å²) in [5.41, 5.74) is -0.451. The summed E-state index contributed by atoms with van der Waals surface area (Å²) in [5.74, 6) is -0.140. The van der Waals surface area contributed by atoms with E-state index >= 15 is 0 Å². The van der Waals surface area contributed by atoms with Crippen molar-refractivity contribution in [3.05, 3.63) is 35.4 Å². The van der Waals surface area contributed by atoms with Crippen LogP contribution in [-0.2, 0) is 15.7 Å². The molecule has 6 heteroatoms. The van der Waals surface area contributed by atoms with Crippen molar-refractivity contribution in [2.45, 2.75) is 38.9 Å². The molecule has 2 atom stereocenters. The Hall–Kier alpha value is -1.56. The Morgan fingerprint density at radius 2 is 1.83 bits per heavy atom. The van der Waals surface area contributed by atoms with E-state index in [2.05, 4.69) is 5.32 Å². The first-order valence-corrected chi connectivity index (χ1v) is 7.65. The average Bonchev–Trinajstić information content (AvgIpc) is 2.53. The molecule has 3 nitrogen and oxygen atoms in total. The normalized spacial score (nSPS) is 22.7. The topological polar surface area (TPSA) is 38.3 Å². The largest absolute Gasteiger partial charge is 0.469 e. The third-order valence-corrected chi connectivity index (χ3v) is 4.78. The van der Waals surface area contributed by atoms with Crippen molar-refractivity contribution in [1.82, 2.24) is 5.32 Å². The van der Waals surface area contributed by atoms with E-state index in [4.69, 9.17) is 4.74 Å². The van der Waals surface area contributed by atoms with E-state index in [9.17, 15) is 18.0 Å². The van der Waals surface area contributed by atoms with E-state index in [-0.39, 0.29) is 17.9 Å². The first kappa shape index (κ1) is 17.8. The van der Waals surface area contributed by atoms with Gasteiger partial charge in [0.2, 0.25) is 0 Å². The van der Waals surface area contributed by atoms with E-state index in [0.29, 0.717) is 6.42 Å². The minimum absolute atomic E-state index is 0.0556. The zero-order chi connectivity index (χ0) is 17.3. The van der Waals surface area contributed by atoms with Gasteiger partial charge in [0.25, 0.3) is 0 Å². The highest BCUT2D eigenvalue weighted by molar-refractivity contribution is 5.76. The molecule has 1 saturated heterocycles. The van der Waals surface area contributed by atoms with Crippen LogP contribution in [0.5, 0.6) is 0 Å². The summed E-state index contributed by atoms with van der Waals surface area (Å²) in [6, 6.07) is 5.17. The van der Waals surface area contributed by atoms with Gasteiger partial charge in [-0.3, -0.25) is 4.79 Å². The molecule has 23 heavy (non-hydrogen) atoms. The number of halogens is 3. The number of piperidine rings is 1. The van der Waals surface area contributed by atoms with Crippen molar-refractivity contribution in [2.24, 2.45) is 11.3 Å². The second kappa shape index (κ2) is 6.51. The highest BCUT2D eigenvalue weighted by Crippen LogP contribution is 2.40. The lowest BCUT2D eigenvalue weighted by Crippen LogP contribution is -2.42. The Morgan fingerprint density at radius 3 is 2.35 bits per heavy atom. The van der Waals surface area contributed by atoms with Crippen LogP contribution >= 0.6 is 0 Å². The number of carbonyl (C=O) groups excluding carboxylic acids is 1. The summed E-state index contributed by atoms with van der Waals surface area (Å²) in [5, 5.41) is 3.32. The number of rotatable bonds is 3. The van der Waals surface area contributed by atoms with Crippen molar-refractivity contribution in [1.29, 1.82) is 0 Å². The number of alkyl halides is 3. The van der Waals surface area contributed by atoms with Crippen LogP contribution in [0.3, 0.4) is 0 Å². The molecule has 1 heterocycles. The maximum atomic E-state index is 12.6. The number of hydrogen-bond acceptors (Lipinski definition) is 3. The molecule has 0 radical (unpaired) electrons. The summed E-state index contributed by atoms with van der Waals surface area (Å²) >= 11 is 0. The quantitative estimate of drug-likeness (QED) is 0.854. The molecular formula is C17H22F3NO2. The molecule has 128 valence electrons. The molecule has 0 bridgehead atoms. The molecule has 0 unspecified atom stereocenters. The predicted molar refractivity (Wildman–Crippen MR) is 80.7 cm³/mol. The molecule has 0 saturated carbocycles. The highest BCUT2D eigenvalue weighted by atomic mass is 19.4. The van der Waals surface area contributed by atoms with Crippen LogP contribution in [0.1, 0.15) is 43.9 Å². The third kappa shape index (κ3) is 3.86. The predicted octanol–water partition coefficient (Wildman–Crippen LogP) is 3.95. The van der Waals surface area contributed by atoms with Gasteiger partial charge in [-0.1, -0.05) is 12.1 Å². The Balaban J connectivity index is 2.14. The van der Waals surface area contributed by atoms with E-state index < -0.39 is 17.2 Å². The average molecular weight is 329 g/mol. The smallest absolute Gasteiger partial charge is 0.416 e. The molecular weight excluding hydrogens is 307 g/mol. The molecule has 0 aliphatic carbocycles. The standard InChI is InChI=1S/C17H22F3NO2/c1-16(2,15(22)23-3)13-8-9-21-14(10-13)11-4-6-12(7-5-11)17(18,19)20/h4-7,13-14,21H,8-10H2,1-3H3/t13-,14+/m0/s1. The molecule has 1 aliphatic heterocycles. The van der Waals surface area contributed by atoms with Gasteiger partial charge in [0.15, 0.2) is 0 Å². The van der Waals surface area contributed by atoms with Crippen molar-refractivity contribution in [3.8, 4) is 0 Å². The third-order valence-electron chi connectivity index (χ3n) is 4.78. The SMILES string of the molecule is COC(=O)C(C)(C)[C@H]1CCN[C@@H](c2ccc(C(F)(F)F)cc2)C1. The fourth-order valence-electron chi connectivity index (χ4n) is 3.16. The number of carbonyl (C=O) groups is 1. The molecule has 1 N–H and O–H groups in total. The van der Waals surface area contributed by atoms with Crippen LogP contribution in [0.4, 0.5) is 13.2 Å². The summed E-state index contributed by atoms with van der Waals surface area (Å²) in [4.78, 5) is 12.0. The second-order valence-electron chi connectivity index (χ2n) is 6.56. The van der Waals surface area contributed by atoms with Crippen molar-refractivity contribution in [2.75, 3.05) is 13.7 Å². The lowest BCUT2D eigenvalue weighted by molar-refractivity contribution is -0.154. The maximum absolute atomic E-state index is 12.6. The Kier molecular flexibility index (Phi) is 5.04. The van der Waals surface area contributed by atoms with E-state index in [0.717, 1.165) is 30.7 Å². The number of methoxy groups -OCH3 is 1. The van der Waals surface area contributed by atoms with Gasteiger partial charge in [-0.15, -0.1) is 0 Å². The van der Waals surface area contributed by atoms with Gasteiger partial charge in [0.1, 0.15) is 0 Å². The molecule has 1 aromatic rings. The van der Waals surface area contributed by atoms with Crippen LogP contribution in [0.15, 0.2) is 24.3 Å². The molecule has 1 aliphatic rings. The van der Waals surface area contributed by atoms with E-state index in [1.807, 2.05) is 13.8 Å². The minimum Gasteiger partial charge on any atom is -0.469 e. The minimum atomic E-state index is -4.33. The molecule has 1 aromatic carbocycles. The maximum Gasteiger partial charge on any atom is 0.416 e. The number of hydrogen-bond donors (Lipinski definition) is 1. The lowest BCUT2D eigenvalue weighted by atomic mass is 9.71. The number of esters is 1. The molecule has 2 rings (SSSR count). The Morgan fingerprint density at radius 1 is 1.22 bits per heavy atom. The lowest BCUT2D eigenvalue weighted by Gasteiger charge is -2.38. The van der Waals surface area contributed by atoms with Gasteiger partial charge in [-0.2, -0.15) is 13.2 Å². The number of benzene rings is 1. The van der Waals surface area contributed by atoms with Crippen LogP contribution in [-0.4, -0.2) is 19.6 Å². The van der Waals surface area contributed by atoms with Crippen LogP contribution in [0.25, 0.3) is 0 Å². The fourth-order valence-corrected chi connectivity index (χ4v) is 3.16. The van der Waals surface area contributed by atoms with Gasteiger partial charge in [-0.25, -0.2) is 0 Å². The van der Waals surface area contributed by atoms with Crippen LogP contribution in [0, 0.1) is 11.3 Å². The van der Waals surface area contributed by atoms with E-state index in [1.165, 1.54) is 19.2 Å². The number of ether oxygens (including phenoxy) is 1. The summed E-state index contributed by atoms with van der Waals surface area (Å²) in [6.45, 7) is 4.44. The summed E-state index contributed by atoms with van der Waals surface area (Å²) < 4.78 is 42.8. The van der Waals surface area contributed by atoms with Crippen molar-refractivity contribution in [3.63, 3.8) is 0 Å². The van der Waals surface area contributed by atoms with Crippen molar-refractivity contribution < 1.29 is 22.7 Å². The zero-order valence-corrected chi connectivity index (χ0v) is 13.5. The van der Waals surface area contributed by atoms with Crippen molar-refractivity contribution >= 4 is 5.97 Å². The molecule has 0 aromatic heterocycles. The van der Waals surface area contributed by atoms with Crippen LogP contribution in [0.2, 0.25) is 0 Å². The van der Waals surface area contributed by atoms with Gasteiger partial charge >= 0.3 is 12.1 Å². The van der Waals surface area contributed by atoms with Gasteiger partial charge in [0.05, 0.1) is 18.1 Å². The Labute approximate surface area is 134 Å². The summed E-state index contributed by atoms with van der Waals surface area (Å²) in [7, 11) is 1.37. The molecule has 0 spiro atoms. The first-order chi connectivity index (χ1) is 10.7. The molecule has 0 amide bonds. The summed E-state index contributed by atoms with van der Waals surface area (Å²) in [6.07, 6.45) is -2.80. The van der Waals surface area contributed by atoms with Gasteiger partial charge in [-0.05, 0) is 56.8 Å². The van der Waals surface area contributed by atoms with Crippen LogP contribution < -0.4 is 5.32 Å². The second-order valence-corrected chi connectivity index (χ2v) is 6.56. The molecule has 1 fully saturated rings. The Bertz CT molecular complexity index is 552.